The molecule has 0 aromatic rings. The van der Waals surface area contributed by atoms with E-state index in [4.69, 9.17) is 11.5 Å². The van der Waals surface area contributed by atoms with Crippen LogP contribution in [0.15, 0.2) is 5.70 Å². The number of hydrogen-bond donors (Lipinski definition) is 2. The maximum atomic E-state index is 9.68. The Kier molecular flexibility index (Phi) is 3.94. The summed E-state index contributed by atoms with van der Waals surface area (Å²) in [4.78, 5) is 9.68. The molecule has 0 spiro atoms. The molecule has 0 amide bonds. The molecule has 0 fully saturated rings. The minimum atomic E-state index is 0.260. The van der Waals surface area contributed by atoms with Crippen molar-refractivity contribution >= 4 is 5.94 Å². The Morgan fingerprint density at radius 3 is 2.62 bits per heavy atom. The number of allylic oxidation sites excluding steroid dienone is 1. The summed E-state index contributed by atoms with van der Waals surface area (Å²) in [6.07, 6.45) is 1.33. The number of hydrogen-bond acceptors (Lipinski definition) is 3. The zero-order chi connectivity index (χ0) is 6.41. The van der Waals surface area contributed by atoms with Crippen LogP contribution in [0.5, 0.6) is 0 Å². The first-order chi connectivity index (χ1) is 3.81. The van der Waals surface area contributed by atoms with E-state index in [1.54, 1.807) is 5.94 Å². The molecule has 0 aliphatic carbocycles. The van der Waals surface area contributed by atoms with Crippen molar-refractivity contribution in [3.63, 3.8) is 0 Å². The normalized spacial score (nSPS) is 8.12. The van der Waals surface area contributed by atoms with Crippen molar-refractivity contribution in [2.75, 3.05) is 6.54 Å². The Hall–Kier alpha value is -0.790. The number of nitrogens with two attached hydrogens (primary N) is 2. The van der Waals surface area contributed by atoms with E-state index in [2.05, 4.69) is 0 Å². The maximum absolute atomic E-state index is 9.68. The third-order valence-corrected chi connectivity index (χ3v) is 0.781. The fraction of sp³-hybridized carbons (Fsp3) is 0.600. The predicted octanol–water partition coefficient (Wildman–Crippen LogP) is -0.600. The molecule has 0 aliphatic rings. The van der Waals surface area contributed by atoms with Gasteiger partial charge in [-0.2, -0.15) is 0 Å². The van der Waals surface area contributed by atoms with Crippen LogP contribution >= 0.6 is 0 Å². The SMILES string of the molecule is NCCCC(N)=C=O. The average molecular weight is 114 g/mol. The lowest BCUT2D eigenvalue weighted by Crippen LogP contribution is -2.03. The smallest absolute Gasteiger partial charge is 0.145 e. The Bertz CT molecular complexity index is 105. The first-order valence-corrected chi connectivity index (χ1v) is 2.50. The van der Waals surface area contributed by atoms with Gasteiger partial charge in [-0.05, 0) is 19.4 Å². The molecule has 46 valence electrons. The van der Waals surface area contributed by atoms with Crippen LogP contribution in [0, 0.1) is 0 Å². The second-order valence-electron chi connectivity index (χ2n) is 1.52. The van der Waals surface area contributed by atoms with Crippen molar-refractivity contribution in [3.05, 3.63) is 5.70 Å². The Morgan fingerprint density at radius 2 is 2.25 bits per heavy atom. The quantitative estimate of drug-likeness (QED) is 0.481. The summed E-state index contributed by atoms with van der Waals surface area (Å²) in [6.45, 7) is 0.572. The molecular weight excluding hydrogens is 104 g/mol. The van der Waals surface area contributed by atoms with Gasteiger partial charge >= 0.3 is 0 Å². The number of carbonyl (C=O) groups excluding carboxylic acids is 1. The van der Waals surface area contributed by atoms with Crippen LogP contribution < -0.4 is 11.5 Å². The molecule has 0 aromatic carbocycles. The lowest BCUT2D eigenvalue weighted by atomic mass is 10.3. The second-order valence-corrected chi connectivity index (χ2v) is 1.52. The van der Waals surface area contributed by atoms with E-state index >= 15 is 0 Å². The highest BCUT2D eigenvalue weighted by Crippen LogP contribution is 1.89. The van der Waals surface area contributed by atoms with Crippen molar-refractivity contribution in [1.29, 1.82) is 0 Å². The summed E-state index contributed by atoms with van der Waals surface area (Å²) in [6, 6.07) is 0. The fourth-order valence-electron chi connectivity index (χ4n) is 0.344. The van der Waals surface area contributed by atoms with Crippen LogP contribution in [0.2, 0.25) is 0 Å². The second kappa shape index (κ2) is 4.37. The molecule has 0 saturated heterocycles. The van der Waals surface area contributed by atoms with E-state index in [1.165, 1.54) is 0 Å². The molecule has 0 aliphatic heterocycles. The molecular formula is C5H10N2O. The third-order valence-electron chi connectivity index (χ3n) is 0.781. The average Bonchev–Trinajstić information content (AvgIpc) is 1.83. The molecule has 3 nitrogen and oxygen atoms in total. The predicted molar refractivity (Wildman–Crippen MR) is 31.7 cm³/mol. The van der Waals surface area contributed by atoms with Gasteiger partial charge in [0, 0.05) is 0 Å². The van der Waals surface area contributed by atoms with Gasteiger partial charge in [-0.25, -0.2) is 4.79 Å². The molecule has 0 atom stereocenters. The van der Waals surface area contributed by atoms with Gasteiger partial charge < -0.3 is 11.5 Å². The summed E-state index contributed by atoms with van der Waals surface area (Å²) in [5, 5.41) is 0. The minimum absolute atomic E-state index is 0.260. The van der Waals surface area contributed by atoms with Gasteiger partial charge in [-0.15, -0.1) is 0 Å². The fourth-order valence-corrected chi connectivity index (χ4v) is 0.344. The van der Waals surface area contributed by atoms with E-state index in [9.17, 15) is 4.79 Å². The van der Waals surface area contributed by atoms with Crippen LogP contribution in [0.1, 0.15) is 12.8 Å². The highest BCUT2D eigenvalue weighted by atomic mass is 16.1. The van der Waals surface area contributed by atoms with Gasteiger partial charge in [0.1, 0.15) is 5.94 Å². The molecule has 0 radical (unpaired) electrons. The van der Waals surface area contributed by atoms with Gasteiger partial charge in [0.15, 0.2) is 0 Å². The molecule has 0 rings (SSSR count). The Balaban J connectivity index is 3.26. The van der Waals surface area contributed by atoms with Gasteiger partial charge in [0.2, 0.25) is 0 Å². The van der Waals surface area contributed by atoms with Crippen LogP contribution in [0.25, 0.3) is 0 Å². The summed E-state index contributed by atoms with van der Waals surface area (Å²) >= 11 is 0. The van der Waals surface area contributed by atoms with Gasteiger partial charge in [-0.3, -0.25) is 0 Å². The van der Waals surface area contributed by atoms with Crippen LogP contribution in [0.3, 0.4) is 0 Å². The van der Waals surface area contributed by atoms with Crippen molar-refractivity contribution in [2.45, 2.75) is 12.8 Å². The number of rotatable bonds is 3. The molecule has 0 aromatic heterocycles. The molecule has 0 unspecified atom stereocenters. The van der Waals surface area contributed by atoms with E-state index in [0.29, 0.717) is 13.0 Å². The summed E-state index contributed by atoms with van der Waals surface area (Å²) in [7, 11) is 0. The topological polar surface area (TPSA) is 69.1 Å². The zero-order valence-electron chi connectivity index (χ0n) is 4.68. The molecule has 8 heavy (non-hydrogen) atoms. The summed E-state index contributed by atoms with van der Waals surface area (Å²) in [5.74, 6) is 1.59. The van der Waals surface area contributed by atoms with E-state index in [-0.39, 0.29) is 5.70 Å². The molecule has 0 heterocycles. The minimum Gasteiger partial charge on any atom is -0.393 e. The molecule has 0 saturated carbocycles. The van der Waals surface area contributed by atoms with Gasteiger partial charge in [-0.1, -0.05) is 0 Å². The van der Waals surface area contributed by atoms with Crippen LogP contribution in [-0.4, -0.2) is 12.5 Å². The first-order valence-electron chi connectivity index (χ1n) is 2.50. The van der Waals surface area contributed by atoms with E-state index < -0.39 is 0 Å². The van der Waals surface area contributed by atoms with Gasteiger partial charge in [0.25, 0.3) is 0 Å². The van der Waals surface area contributed by atoms with Gasteiger partial charge in [0.05, 0.1) is 5.70 Å². The summed E-state index contributed by atoms with van der Waals surface area (Å²) in [5.41, 5.74) is 10.5. The van der Waals surface area contributed by atoms with Crippen LogP contribution in [0.4, 0.5) is 0 Å². The molecule has 4 N–H and O–H groups in total. The van der Waals surface area contributed by atoms with Crippen molar-refractivity contribution in [1.82, 2.24) is 0 Å². The van der Waals surface area contributed by atoms with Crippen LogP contribution in [-0.2, 0) is 4.79 Å². The largest absolute Gasteiger partial charge is 0.393 e. The lowest BCUT2D eigenvalue weighted by molar-refractivity contribution is 0.565. The molecule has 3 heteroatoms. The van der Waals surface area contributed by atoms with Crippen molar-refractivity contribution < 1.29 is 4.79 Å². The van der Waals surface area contributed by atoms with E-state index in [1.807, 2.05) is 0 Å². The van der Waals surface area contributed by atoms with Crippen molar-refractivity contribution in [2.24, 2.45) is 11.5 Å². The third kappa shape index (κ3) is 3.40. The standard InChI is InChI=1S/C5H10N2O/c6-3-1-2-5(7)4-8/h1-3,6-7H2. The van der Waals surface area contributed by atoms with E-state index in [0.717, 1.165) is 6.42 Å². The Labute approximate surface area is 48.4 Å². The zero-order valence-corrected chi connectivity index (χ0v) is 4.68. The summed E-state index contributed by atoms with van der Waals surface area (Å²) < 4.78 is 0. The Morgan fingerprint density at radius 1 is 1.62 bits per heavy atom. The molecule has 0 bridgehead atoms. The maximum Gasteiger partial charge on any atom is 0.145 e. The van der Waals surface area contributed by atoms with Crippen molar-refractivity contribution in [3.8, 4) is 0 Å². The highest BCUT2D eigenvalue weighted by Gasteiger charge is 1.86. The monoisotopic (exact) mass is 114 g/mol. The first kappa shape index (κ1) is 7.21. The lowest BCUT2D eigenvalue weighted by Gasteiger charge is -1.90. The highest BCUT2D eigenvalue weighted by molar-refractivity contribution is 5.50.